The zero-order valence-corrected chi connectivity index (χ0v) is 29.8. The number of rotatable bonds is 6. The number of para-hydroxylation sites is 2. The van der Waals surface area contributed by atoms with Gasteiger partial charge in [0.1, 0.15) is 5.58 Å². The molecule has 9 aromatic rings. The lowest BCUT2D eigenvalue weighted by molar-refractivity contribution is 0.660. The highest BCUT2D eigenvalue weighted by Gasteiger charge is 2.36. The van der Waals surface area contributed by atoms with E-state index in [0.29, 0.717) is 0 Å². The molecular formula is C51H37NO. The average Bonchev–Trinajstić information content (AvgIpc) is 3.71. The molecule has 2 nitrogen and oxygen atoms in total. The molecule has 0 bridgehead atoms. The molecule has 53 heavy (non-hydrogen) atoms. The Labute approximate surface area is 310 Å². The fourth-order valence-electron chi connectivity index (χ4n) is 8.59. The number of benzene rings is 8. The minimum Gasteiger partial charge on any atom is -0.454 e. The minimum atomic E-state index is -0.159. The Morgan fingerprint density at radius 1 is 0.415 bits per heavy atom. The summed E-state index contributed by atoms with van der Waals surface area (Å²) in [7, 11) is 0. The molecular weight excluding hydrogens is 643 g/mol. The molecule has 0 saturated heterocycles. The van der Waals surface area contributed by atoms with Crippen LogP contribution in [-0.2, 0) is 5.41 Å². The van der Waals surface area contributed by atoms with E-state index < -0.39 is 0 Å². The van der Waals surface area contributed by atoms with Gasteiger partial charge in [0.05, 0.1) is 11.4 Å². The van der Waals surface area contributed by atoms with Crippen LogP contribution in [0.1, 0.15) is 25.0 Å². The third-order valence-corrected chi connectivity index (χ3v) is 11.1. The topological polar surface area (TPSA) is 16.4 Å². The third kappa shape index (κ3) is 4.94. The van der Waals surface area contributed by atoms with Gasteiger partial charge in [-0.05, 0) is 80.4 Å². The Morgan fingerprint density at radius 2 is 0.981 bits per heavy atom. The van der Waals surface area contributed by atoms with Crippen LogP contribution in [0.3, 0.4) is 0 Å². The number of nitrogens with zero attached hydrogens (tertiary/aromatic N) is 1. The fourth-order valence-corrected chi connectivity index (χ4v) is 8.59. The van der Waals surface area contributed by atoms with E-state index in [1.807, 2.05) is 6.07 Å². The van der Waals surface area contributed by atoms with Crippen LogP contribution in [0, 0.1) is 0 Å². The molecule has 2 heteroatoms. The summed E-state index contributed by atoms with van der Waals surface area (Å²) in [5, 5.41) is 2.21. The van der Waals surface area contributed by atoms with Crippen molar-refractivity contribution >= 4 is 39.0 Å². The molecule has 10 rings (SSSR count). The molecule has 0 aliphatic heterocycles. The van der Waals surface area contributed by atoms with E-state index in [0.717, 1.165) is 44.6 Å². The first-order chi connectivity index (χ1) is 26.1. The van der Waals surface area contributed by atoms with E-state index in [4.69, 9.17) is 4.42 Å². The molecule has 0 N–H and O–H groups in total. The summed E-state index contributed by atoms with van der Waals surface area (Å²) < 4.78 is 6.80. The van der Waals surface area contributed by atoms with Crippen molar-refractivity contribution in [3.8, 4) is 44.5 Å². The zero-order chi connectivity index (χ0) is 35.5. The van der Waals surface area contributed by atoms with Crippen LogP contribution in [0.15, 0.2) is 192 Å². The van der Waals surface area contributed by atoms with Crippen molar-refractivity contribution in [3.63, 3.8) is 0 Å². The van der Waals surface area contributed by atoms with Crippen LogP contribution in [-0.4, -0.2) is 0 Å². The molecule has 1 aromatic heterocycles. The van der Waals surface area contributed by atoms with E-state index in [1.165, 1.54) is 50.1 Å². The van der Waals surface area contributed by atoms with Gasteiger partial charge in [0.2, 0.25) is 0 Å². The lowest BCUT2D eigenvalue weighted by Gasteiger charge is -2.31. The van der Waals surface area contributed by atoms with Gasteiger partial charge in [0, 0.05) is 27.4 Å². The molecule has 0 fully saturated rings. The second-order valence-electron chi connectivity index (χ2n) is 14.5. The van der Waals surface area contributed by atoms with Crippen molar-refractivity contribution in [2.24, 2.45) is 0 Å². The first-order valence-corrected chi connectivity index (χ1v) is 18.4. The Bertz CT molecular complexity index is 2810. The largest absolute Gasteiger partial charge is 0.454 e. The van der Waals surface area contributed by atoms with Gasteiger partial charge in [0.25, 0.3) is 0 Å². The summed E-state index contributed by atoms with van der Waals surface area (Å²) in [5.41, 5.74) is 17.1. The number of hydrogen-bond donors (Lipinski definition) is 0. The van der Waals surface area contributed by atoms with Crippen molar-refractivity contribution in [3.05, 3.63) is 199 Å². The van der Waals surface area contributed by atoms with Crippen molar-refractivity contribution < 1.29 is 4.42 Å². The van der Waals surface area contributed by atoms with Gasteiger partial charge in [0.15, 0.2) is 5.58 Å². The van der Waals surface area contributed by atoms with E-state index in [2.05, 4.69) is 201 Å². The monoisotopic (exact) mass is 679 g/mol. The van der Waals surface area contributed by atoms with Crippen molar-refractivity contribution in [1.29, 1.82) is 0 Å². The number of hydrogen-bond acceptors (Lipinski definition) is 2. The van der Waals surface area contributed by atoms with Gasteiger partial charge in [-0.15, -0.1) is 0 Å². The van der Waals surface area contributed by atoms with E-state index in [9.17, 15) is 0 Å². The van der Waals surface area contributed by atoms with Crippen molar-refractivity contribution in [2.45, 2.75) is 19.3 Å². The summed E-state index contributed by atoms with van der Waals surface area (Å²) in [5.74, 6) is 0. The maximum absolute atomic E-state index is 6.80. The molecule has 0 spiro atoms. The smallest absolute Gasteiger partial charge is 0.159 e. The molecule has 0 radical (unpaired) electrons. The maximum Gasteiger partial charge on any atom is 0.159 e. The van der Waals surface area contributed by atoms with E-state index in [-0.39, 0.29) is 5.41 Å². The molecule has 1 aliphatic rings. The third-order valence-electron chi connectivity index (χ3n) is 11.1. The molecule has 0 atom stereocenters. The van der Waals surface area contributed by atoms with Crippen LogP contribution in [0.5, 0.6) is 0 Å². The minimum absolute atomic E-state index is 0.159. The summed E-state index contributed by atoms with van der Waals surface area (Å²) in [6.45, 7) is 4.70. The zero-order valence-electron chi connectivity index (χ0n) is 29.8. The van der Waals surface area contributed by atoms with Gasteiger partial charge < -0.3 is 9.32 Å². The second kappa shape index (κ2) is 12.3. The number of fused-ring (bicyclic) bond motifs is 6. The Morgan fingerprint density at radius 3 is 1.77 bits per heavy atom. The number of anilines is 3. The predicted molar refractivity (Wildman–Crippen MR) is 222 cm³/mol. The SMILES string of the molecule is CC1(C)c2ccccc2-c2ccc(N(c3cccc(-c4ccccc4)c3-c3ccccc3-c3ccccc3)c3cccc4c3oc3ccccc34)cc21. The highest BCUT2D eigenvalue weighted by molar-refractivity contribution is 6.11. The molecule has 1 aliphatic carbocycles. The Hall–Kier alpha value is -6.64. The fraction of sp³-hybridized carbons (Fsp3) is 0.0588. The van der Waals surface area contributed by atoms with Crippen LogP contribution in [0.25, 0.3) is 66.4 Å². The highest BCUT2D eigenvalue weighted by atomic mass is 16.3. The molecule has 0 saturated carbocycles. The average molecular weight is 680 g/mol. The highest BCUT2D eigenvalue weighted by Crippen LogP contribution is 2.53. The lowest BCUT2D eigenvalue weighted by Crippen LogP contribution is -2.17. The van der Waals surface area contributed by atoms with Gasteiger partial charge in [-0.2, -0.15) is 0 Å². The second-order valence-corrected chi connectivity index (χ2v) is 14.5. The predicted octanol–water partition coefficient (Wildman–Crippen LogP) is 14.4. The summed E-state index contributed by atoms with van der Waals surface area (Å²) in [6, 6.07) is 67.9. The molecule has 8 aromatic carbocycles. The summed E-state index contributed by atoms with van der Waals surface area (Å²) in [4.78, 5) is 2.44. The van der Waals surface area contributed by atoms with Crippen molar-refractivity contribution in [1.82, 2.24) is 0 Å². The maximum atomic E-state index is 6.80. The summed E-state index contributed by atoms with van der Waals surface area (Å²) in [6.07, 6.45) is 0. The van der Waals surface area contributed by atoms with Crippen LogP contribution in [0.2, 0.25) is 0 Å². The molecule has 0 unspecified atom stereocenters. The van der Waals surface area contributed by atoms with Gasteiger partial charge in [-0.1, -0.05) is 172 Å². The molecule has 1 heterocycles. The standard InChI is InChI=1S/C51H37NO/c1-51(2)44-27-13-11-22-39(44)40-32-31-36(33-45(40)51)52(47-29-16-26-43-41-23-12-14-30-48(41)53-50(43)47)46-28-15-25-38(35-19-7-4-8-20-35)49(46)42-24-10-9-21-37(42)34-17-5-3-6-18-34/h3-33H,1-2H3. The first-order valence-electron chi connectivity index (χ1n) is 18.4. The van der Waals surface area contributed by atoms with E-state index >= 15 is 0 Å². The van der Waals surface area contributed by atoms with Gasteiger partial charge in [-0.3, -0.25) is 0 Å². The Balaban J connectivity index is 1.31. The first kappa shape index (κ1) is 31.1. The quantitative estimate of drug-likeness (QED) is 0.174. The molecule has 252 valence electrons. The van der Waals surface area contributed by atoms with Crippen LogP contribution >= 0.6 is 0 Å². The molecule has 0 amide bonds. The van der Waals surface area contributed by atoms with Crippen LogP contribution < -0.4 is 4.90 Å². The lowest BCUT2D eigenvalue weighted by atomic mass is 9.82. The van der Waals surface area contributed by atoms with Crippen LogP contribution in [0.4, 0.5) is 17.1 Å². The Kier molecular flexibility index (Phi) is 7.19. The normalized spacial score (nSPS) is 12.9. The van der Waals surface area contributed by atoms with E-state index in [1.54, 1.807) is 0 Å². The summed E-state index contributed by atoms with van der Waals surface area (Å²) >= 11 is 0. The van der Waals surface area contributed by atoms with Gasteiger partial charge >= 0.3 is 0 Å². The number of furan rings is 1. The van der Waals surface area contributed by atoms with Gasteiger partial charge in [-0.25, -0.2) is 0 Å². The van der Waals surface area contributed by atoms with Crippen molar-refractivity contribution in [2.75, 3.05) is 4.90 Å².